The van der Waals surface area contributed by atoms with Crippen LogP contribution in [-0.2, 0) is 25.5 Å². The maximum Gasteiger partial charge on any atom is 0.339 e. The normalized spacial score (nSPS) is 11.9. The first-order chi connectivity index (χ1) is 18.8. The van der Waals surface area contributed by atoms with Gasteiger partial charge in [-0.15, -0.1) is 0 Å². The highest BCUT2D eigenvalue weighted by molar-refractivity contribution is 6.02. The van der Waals surface area contributed by atoms with E-state index < -0.39 is 46.4 Å². The van der Waals surface area contributed by atoms with Crippen molar-refractivity contribution < 1.29 is 37.4 Å². The van der Waals surface area contributed by atoms with E-state index in [2.05, 4.69) is 5.32 Å². The van der Waals surface area contributed by atoms with Gasteiger partial charge in [0, 0.05) is 12.8 Å². The SMILES string of the molecule is COC(=O)c1cc(-c2cccc(CC(CC(=O)OC(C)(C)C)C(=O)c3c(F)cccc3F)c2)ccc1NC(C)=O. The van der Waals surface area contributed by atoms with E-state index in [1.807, 2.05) is 0 Å². The molecule has 0 heterocycles. The number of Topliss-reactive ketones (excluding diaryl/α,β-unsaturated/α-hetero) is 1. The number of anilines is 1. The van der Waals surface area contributed by atoms with Crippen molar-refractivity contribution in [2.24, 2.45) is 5.92 Å². The smallest absolute Gasteiger partial charge is 0.339 e. The Morgan fingerprint density at radius 1 is 0.900 bits per heavy atom. The Balaban J connectivity index is 1.99. The molecule has 0 aliphatic rings. The second-order valence-electron chi connectivity index (χ2n) is 10.3. The average Bonchev–Trinajstić information content (AvgIpc) is 2.86. The van der Waals surface area contributed by atoms with Crippen LogP contribution in [0.2, 0.25) is 0 Å². The van der Waals surface area contributed by atoms with Gasteiger partial charge < -0.3 is 14.8 Å². The summed E-state index contributed by atoms with van der Waals surface area (Å²) in [5.41, 5.74) is 0.811. The number of methoxy groups -OCH3 is 1. The minimum atomic E-state index is -1.11. The predicted molar refractivity (Wildman–Crippen MR) is 146 cm³/mol. The van der Waals surface area contributed by atoms with Gasteiger partial charge in [-0.2, -0.15) is 0 Å². The highest BCUT2D eigenvalue weighted by Crippen LogP contribution is 2.29. The van der Waals surface area contributed by atoms with Crippen molar-refractivity contribution in [2.75, 3.05) is 12.4 Å². The molecule has 210 valence electrons. The summed E-state index contributed by atoms with van der Waals surface area (Å²) in [7, 11) is 1.23. The third-order valence-electron chi connectivity index (χ3n) is 5.89. The van der Waals surface area contributed by atoms with Gasteiger partial charge in [0.05, 0.1) is 30.3 Å². The van der Waals surface area contributed by atoms with Crippen molar-refractivity contribution >= 4 is 29.3 Å². The van der Waals surface area contributed by atoms with Crippen LogP contribution in [-0.4, -0.2) is 36.3 Å². The number of hydrogen-bond donors (Lipinski definition) is 1. The topological polar surface area (TPSA) is 98.8 Å². The van der Waals surface area contributed by atoms with E-state index in [1.165, 1.54) is 14.0 Å². The zero-order valence-electron chi connectivity index (χ0n) is 23.0. The number of benzene rings is 3. The molecular weight excluding hydrogens is 520 g/mol. The Labute approximate surface area is 231 Å². The third kappa shape index (κ3) is 7.81. The lowest BCUT2D eigenvalue weighted by Crippen LogP contribution is -2.29. The second-order valence-corrected chi connectivity index (χ2v) is 10.3. The van der Waals surface area contributed by atoms with E-state index in [1.54, 1.807) is 63.2 Å². The van der Waals surface area contributed by atoms with E-state index in [0.29, 0.717) is 16.7 Å². The van der Waals surface area contributed by atoms with Crippen LogP contribution in [0.5, 0.6) is 0 Å². The molecule has 1 N–H and O–H groups in total. The summed E-state index contributed by atoms with van der Waals surface area (Å²) in [6, 6.07) is 15.0. The average molecular weight is 552 g/mol. The first-order valence-electron chi connectivity index (χ1n) is 12.6. The largest absolute Gasteiger partial charge is 0.465 e. The van der Waals surface area contributed by atoms with Crippen molar-refractivity contribution in [1.82, 2.24) is 0 Å². The van der Waals surface area contributed by atoms with Gasteiger partial charge in [0.1, 0.15) is 17.2 Å². The van der Waals surface area contributed by atoms with Crippen LogP contribution in [0.25, 0.3) is 11.1 Å². The predicted octanol–water partition coefficient (Wildman–Crippen LogP) is 6.15. The van der Waals surface area contributed by atoms with Crippen molar-refractivity contribution in [1.29, 1.82) is 0 Å². The number of ketones is 1. The number of carbonyl (C=O) groups is 4. The fraction of sp³-hybridized carbons (Fsp3) is 0.290. The van der Waals surface area contributed by atoms with E-state index in [0.717, 1.165) is 18.2 Å². The highest BCUT2D eigenvalue weighted by atomic mass is 19.1. The molecule has 0 saturated heterocycles. The van der Waals surface area contributed by atoms with Crippen LogP contribution in [0.3, 0.4) is 0 Å². The number of carbonyl (C=O) groups excluding carboxylic acids is 4. The van der Waals surface area contributed by atoms with Gasteiger partial charge in [-0.1, -0.05) is 36.4 Å². The minimum Gasteiger partial charge on any atom is -0.465 e. The molecule has 0 radical (unpaired) electrons. The molecule has 0 fully saturated rings. The van der Waals surface area contributed by atoms with Crippen molar-refractivity contribution in [3.63, 3.8) is 0 Å². The summed E-state index contributed by atoms with van der Waals surface area (Å²) in [6.07, 6.45) is -0.389. The molecule has 0 spiro atoms. The molecule has 0 bridgehead atoms. The van der Waals surface area contributed by atoms with Gasteiger partial charge in [-0.05, 0) is 68.1 Å². The highest BCUT2D eigenvalue weighted by Gasteiger charge is 2.30. The molecule has 0 aliphatic heterocycles. The lowest BCUT2D eigenvalue weighted by atomic mass is 9.87. The van der Waals surface area contributed by atoms with E-state index in [9.17, 15) is 28.0 Å². The molecule has 1 amide bonds. The molecule has 3 aromatic carbocycles. The quantitative estimate of drug-likeness (QED) is 0.253. The number of hydrogen-bond acceptors (Lipinski definition) is 6. The van der Waals surface area contributed by atoms with Gasteiger partial charge in [0.15, 0.2) is 5.78 Å². The number of esters is 2. The maximum atomic E-state index is 14.5. The van der Waals surface area contributed by atoms with Crippen molar-refractivity contribution in [3.8, 4) is 11.1 Å². The van der Waals surface area contributed by atoms with Gasteiger partial charge in [-0.25, -0.2) is 13.6 Å². The second kappa shape index (κ2) is 12.6. The van der Waals surface area contributed by atoms with Crippen molar-refractivity contribution in [2.45, 2.75) is 46.1 Å². The Hall–Kier alpha value is -4.40. The number of halogens is 2. The Morgan fingerprint density at radius 3 is 2.12 bits per heavy atom. The molecule has 0 aliphatic carbocycles. The van der Waals surface area contributed by atoms with Crippen LogP contribution in [0.1, 0.15) is 60.4 Å². The van der Waals surface area contributed by atoms with E-state index >= 15 is 0 Å². The molecule has 9 heteroatoms. The van der Waals surface area contributed by atoms with E-state index in [-0.39, 0.29) is 30.0 Å². The maximum absolute atomic E-state index is 14.5. The molecule has 40 heavy (non-hydrogen) atoms. The fourth-order valence-electron chi connectivity index (χ4n) is 4.24. The molecular formula is C31H31F2NO6. The van der Waals surface area contributed by atoms with Crippen LogP contribution >= 0.6 is 0 Å². The van der Waals surface area contributed by atoms with Gasteiger partial charge in [0.25, 0.3) is 0 Å². The number of amides is 1. The zero-order valence-corrected chi connectivity index (χ0v) is 23.0. The molecule has 0 saturated carbocycles. The zero-order chi connectivity index (χ0) is 29.6. The fourth-order valence-corrected chi connectivity index (χ4v) is 4.24. The van der Waals surface area contributed by atoms with Crippen LogP contribution in [0, 0.1) is 17.6 Å². The number of rotatable bonds is 9. The summed E-state index contributed by atoms with van der Waals surface area (Å²) >= 11 is 0. The number of nitrogens with one attached hydrogen (secondary N) is 1. The molecule has 3 rings (SSSR count). The summed E-state index contributed by atoms with van der Waals surface area (Å²) in [5.74, 6) is -5.65. The molecule has 7 nitrogen and oxygen atoms in total. The first-order valence-corrected chi connectivity index (χ1v) is 12.6. The summed E-state index contributed by atoms with van der Waals surface area (Å²) < 4.78 is 39.2. The Bertz CT molecular complexity index is 1420. The first kappa shape index (κ1) is 30.1. The summed E-state index contributed by atoms with van der Waals surface area (Å²) in [6.45, 7) is 6.37. The lowest BCUT2D eigenvalue weighted by molar-refractivity contribution is -0.155. The van der Waals surface area contributed by atoms with Gasteiger partial charge >= 0.3 is 11.9 Å². The molecule has 0 aromatic heterocycles. The number of ether oxygens (including phenoxy) is 2. The molecule has 1 unspecified atom stereocenters. The summed E-state index contributed by atoms with van der Waals surface area (Å²) in [4.78, 5) is 49.9. The minimum absolute atomic E-state index is 0.00642. The van der Waals surface area contributed by atoms with Gasteiger partial charge in [0.2, 0.25) is 5.91 Å². The van der Waals surface area contributed by atoms with Crippen LogP contribution in [0.15, 0.2) is 60.7 Å². The van der Waals surface area contributed by atoms with Crippen molar-refractivity contribution in [3.05, 3.63) is 89.0 Å². The van der Waals surface area contributed by atoms with Crippen LogP contribution in [0.4, 0.5) is 14.5 Å². The lowest BCUT2D eigenvalue weighted by Gasteiger charge is -2.22. The van der Waals surface area contributed by atoms with Crippen LogP contribution < -0.4 is 5.32 Å². The summed E-state index contributed by atoms with van der Waals surface area (Å²) in [5, 5.41) is 2.59. The van der Waals surface area contributed by atoms with E-state index in [4.69, 9.17) is 9.47 Å². The Kier molecular flexibility index (Phi) is 9.52. The monoisotopic (exact) mass is 551 g/mol. The standard InChI is InChI=1S/C31H31F2NO6/c1-18(35)34-26-13-12-21(16-23(26)30(38)39-5)20-9-6-8-19(14-20)15-22(17-27(36)40-31(2,3)4)29(37)28-24(32)10-7-11-25(28)33/h6-14,16,22H,15,17H2,1-5H3,(H,34,35). The molecule has 1 atom stereocenters. The Morgan fingerprint density at radius 2 is 1.52 bits per heavy atom. The third-order valence-corrected chi connectivity index (χ3v) is 5.89. The molecule has 3 aromatic rings. The van der Waals surface area contributed by atoms with Gasteiger partial charge in [-0.3, -0.25) is 14.4 Å².